The van der Waals surface area contributed by atoms with E-state index in [4.69, 9.17) is 0 Å². The summed E-state index contributed by atoms with van der Waals surface area (Å²) in [6.45, 7) is -0.446. The van der Waals surface area contributed by atoms with Gasteiger partial charge in [0.05, 0.1) is 18.1 Å². The van der Waals surface area contributed by atoms with E-state index in [1.54, 1.807) is 0 Å². The Morgan fingerprint density at radius 1 is 1.61 bits per heavy atom. The van der Waals surface area contributed by atoms with Crippen molar-refractivity contribution in [2.75, 3.05) is 11.9 Å². The molecule has 2 aromatic heterocycles. The lowest BCUT2D eigenvalue weighted by molar-refractivity contribution is -0.118. The molecule has 0 aromatic carbocycles. The molecule has 3 heterocycles. The van der Waals surface area contributed by atoms with E-state index >= 15 is 0 Å². The van der Waals surface area contributed by atoms with Crippen LogP contribution in [0.15, 0.2) is 11.4 Å². The summed E-state index contributed by atoms with van der Waals surface area (Å²) in [5.74, 6) is -3.25. The number of amides is 1. The van der Waals surface area contributed by atoms with Crippen molar-refractivity contribution in [3.63, 3.8) is 0 Å². The zero-order valence-electron chi connectivity index (χ0n) is 9.07. The van der Waals surface area contributed by atoms with Crippen LogP contribution in [0.5, 0.6) is 0 Å². The third-order valence-corrected chi connectivity index (χ3v) is 4.69. The van der Waals surface area contributed by atoms with E-state index in [0.29, 0.717) is 5.13 Å². The predicted molar refractivity (Wildman–Crippen MR) is 67.5 cm³/mol. The van der Waals surface area contributed by atoms with E-state index < -0.39 is 30.8 Å². The normalized spacial score (nSPS) is 22.4. The van der Waals surface area contributed by atoms with Crippen LogP contribution in [-0.2, 0) is 4.79 Å². The highest BCUT2D eigenvalue weighted by molar-refractivity contribution is 7.39. The molecule has 1 fully saturated rings. The molecule has 1 unspecified atom stereocenters. The number of rotatable bonds is 2. The molecule has 18 heavy (non-hydrogen) atoms. The van der Waals surface area contributed by atoms with E-state index in [9.17, 15) is 13.6 Å². The molecule has 0 saturated carbocycles. The molecule has 0 aliphatic carbocycles. The Kier molecular flexibility index (Phi) is 2.80. The summed E-state index contributed by atoms with van der Waals surface area (Å²) in [5.41, 5.74) is 0.824. The zero-order valence-corrected chi connectivity index (χ0v) is 10.7. The third-order valence-electron chi connectivity index (χ3n) is 2.68. The van der Waals surface area contributed by atoms with E-state index in [0.717, 1.165) is 9.53 Å². The summed E-state index contributed by atoms with van der Waals surface area (Å²) in [4.78, 5) is 16.0. The number of hydrogen-bond donors (Lipinski definition) is 2. The van der Waals surface area contributed by atoms with Gasteiger partial charge in [-0.1, -0.05) is 11.3 Å². The monoisotopic (exact) mass is 289 g/mol. The van der Waals surface area contributed by atoms with Crippen molar-refractivity contribution in [1.82, 2.24) is 10.3 Å². The van der Waals surface area contributed by atoms with Crippen LogP contribution >= 0.6 is 22.7 Å². The van der Waals surface area contributed by atoms with Gasteiger partial charge in [0.25, 0.3) is 5.92 Å². The molecule has 2 aromatic rings. The van der Waals surface area contributed by atoms with Crippen molar-refractivity contribution in [3.8, 4) is 0 Å². The molecule has 1 aliphatic heterocycles. The van der Waals surface area contributed by atoms with Gasteiger partial charge in [-0.25, -0.2) is 13.8 Å². The van der Waals surface area contributed by atoms with Gasteiger partial charge in [-0.3, -0.25) is 10.1 Å². The number of halogens is 2. The molecule has 0 spiro atoms. The fraction of sp³-hybridized carbons (Fsp3) is 0.400. The molecule has 2 N–H and O–H groups in total. The average Bonchev–Trinajstić information content (AvgIpc) is 2.91. The Balaban J connectivity index is 1.69. The molecule has 4 nitrogen and oxygen atoms in total. The lowest BCUT2D eigenvalue weighted by atomic mass is 10.2. The molecular formula is C10H9F2N3OS2. The fourth-order valence-electron chi connectivity index (χ4n) is 1.81. The summed E-state index contributed by atoms with van der Waals surface area (Å²) >= 11 is 2.89. The van der Waals surface area contributed by atoms with Gasteiger partial charge < -0.3 is 5.32 Å². The summed E-state index contributed by atoms with van der Waals surface area (Å²) in [6, 6.07) is 1.01. The number of aromatic nitrogens is 1. The second-order valence-corrected chi connectivity index (χ2v) is 6.27. The van der Waals surface area contributed by atoms with Crippen molar-refractivity contribution >= 4 is 43.2 Å². The van der Waals surface area contributed by atoms with Crippen molar-refractivity contribution in [2.24, 2.45) is 0 Å². The number of alkyl halides is 2. The molecule has 1 atom stereocenters. The number of nitrogens with one attached hydrogen (secondary N) is 2. The molecule has 0 radical (unpaired) electrons. The largest absolute Gasteiger partial charge is 0.301 e. The minimum atomic E-state index is -2.80. The second-order valence-electron chi connectivity index (χ2n) is 4.10. The predicted octanol–water partition coefficient (Wildman–Crippen LogP) is 2.29. The zero-order chi connectivity index (χ0) is 12.8. The van der Waals surface area contributed by atoms with Gasteiger partial charge >= 0.3 is 0 Å². The molecule has 0 bridgehead atoms. The first-order valence-corrected chi connectivity index (χ1v) is 6.99. The minimum absolute atomic E-state index is 0.446. The topological polar surface area (TPSA) is 54.0 Å². The SMILES string of the molecule is O=C(Nc1nc2ccsc2s1)C1CC(F)(F)CN1. The van der Waals surface area contributed by atoms with Crippen LogP contribution < -0.4 is 10.6 Å². The lowest BCUT2D eigenvalue weighted by Gasteiger charge is -2.08. The molecule has 96 valence electrons. The lowest BCUT2D eigenvalue weighted by Crippen LogP contribution is -2.35. The first-order valence-electron chi connectivity index (χ1n) is 5.30. The molecule has 8 heteroatoms. The molecule has 3 rings (SSSR count). The van der Waals surface area contributed by atoms with Gasteiger partial charge in [-0.05, 0) is 11.4 Å². The van der Waals surface area contributed by atoms with Gasteiger partial charge in [-0.15, -0.1) is 11.3 Å². The van der Waals surface area contributed by atoms with Crippen molar-refractivity contribution in [1.29, 1.82) is 0 Å². The van der Waals surface area contributed by atoms with Gasteiger partial charge in [0.1, 0.15) is 4.01 Å². The summed E-state index contributed by atoms with van der Waals surface area (Å²) in [5, 5.41) is 7.46. The smallest absolute Gasteiger partial charge is 0.262 e. The highest BCUT2D eigenvalue weighted by Crippen LogP contribution is 2.31. The summed E-state index contributed by atoms with van der Waals surface area (Å²) in [6.07, 6.45) is -0.460. The fourth-order valence-corrected chi connectivity index (χ4v) is 3.66. The number of nitrogens with zero attached hydrogens (tertiary/aromatic N) is 1. The van der Waals surface area contributed by atoms with E-state index in [2.05, 4.69) is 15.6 Å². The molecule has 1 amide bonds. The molecule has 1 aliphatic rings. The maximum atomic E-state index is 13.0. The van der Waals surface area contributed by atoms with E-state index in [1.807, 2.05) is 11.4 Å². The second kappa shape index (κ2) is 4.22. The van der Waals surface area contributed by atoms with Gasteiger partial charge in [-0.2, -0.15) is 0 Å². The number of fused-ring (bicyclic) bond motifs is 1. The van der Waals surface area contributed by atoms with Gasteiger partial charge in [0.15, 0.2) is 5.13 Å². The molecule has 1 saturated heterocycles. The van der Waals surface area contributed by atoms with Crippen LogP contribution in [0.1, 0.15) is 6.42 Å². The van der Waals surface area contributed by atoms with Crippen LogP contribution in [0.4, 0.5) is 13.9 Å². The average molecular weight is 289 g/mol. The van der Waals surface area contributed by atoms with Gasteiger partial charge in [0.2, 0.25) is 5.91 Å². The van der Waals surface area contributed by atoms with Crippen molar-refractivity contribution in [2.45, 2.75) is 18.4 Å². The van der Waals surface area contributed by atoms with E-state index in [-0.39, 0.29) is 0 Å². The number of thiophene rings is 1. The highest BCUT2D eigenvalue weighted by atomic mass is 32.2. The van der Waals surface area contributed by atoms with Crippen LogP contribution in [0.25, 0.3) is 9.53 Å². The van der Waals surface area contributed by atoms with Crippen LogP contribution in [0.3, 0.4) is 0 Å². The van der Waals surface area contributed by atoms with Crippen LogP contribution in [0.2, 0.25) is 0 Å². The van der Waals surface area contributed by atoms with Crippen LogP contribution in [0, 0.1) is 0 Å². The number of carbonyl (C=O) groups excluding carboxylic acids is 1. The Labute approximate surface area is 109 Å². The first-order chi connectivity index (χ1) is 8.53. The Morgan fingerprint density at radius 3 is 3.11 bits per heavy atom. The van der Waals surface area contributed by atoms with Crippen molar-refractivity contribution < 1.29 is 13.6 Å². The van der Waals surface area contributed by atoms with Crippen LogP contribution in [-0.4, -0.2) is 29.4 Å². The Hall–Kier alpha value is -1.12. The van der Waals surface area contributed by atoms with E-state index in [1.165, 1.54) is 22.7 Å². The molecular weight excluding hydrogens is 280 g/mol. The number of hydrogen-bond acceptors (Lipinski definition) is 5. The third kappa shape index (κ3) is 2.23. The summed E-state index contributed by atoms with van der Waals surface area (Å²) in [7, 11) is 0. The maximum absolute atomic E-state index is 13.0. The number of carbonyl (C=O) groups is 1. The highest BCUT2D eigenvalue weighted by Gasteiger charge is 2.42. The maximum Gasteiger partial charge on any atom is 0.262 e. The summed E-state index contributed by atoms with van der Waals surface area (Å²) < 4.78 is 26.9. The Morgan fingerprint density at radius 2 is 2.44 bits per heavy atom. The van der Waals surface area contributed by atoms with Gasteiger partial charge in [0, 0.05) is 6.42 Å². The first kappa shape index (κ1) is 11.9. The quantitative estimate of drug-likeness (QED) is 0.892. The van der Waals surface area contributed by atoms with Crippen molar-refractivity contribution in [3.05, 3.63) is 11.4 Å². The number of anilines is 1. The Bertz CT molecular complexity index is 566. The minimum Gasteiger partial charge on any atom is -0.301 e. The standard InChI is InChI=1S/C10H9F2N3OS2/c11-10(12)3-6(13-4-10)7(16)15-9-14-5-1-2-17-8(5)18-9/h1-2,6,13H,3-4H2,(H,14,15,16). The number of thiazole rings is 1.